The molecule has 0 saturated carbocycles. The predicted octanol–water partition coefficient (Wildman–Crippen LogP) is 2.24. The number of likely N-dealkylation sites (tertiary alicyclic amines) is 1. The van der Waals surface area contributed by atoms with E-state index in [4.69, 9.17) is 9.47 Å². The van der Waals surface area contributed by atoms with E-state index in [2.05, 4.69) is 5.32 Å². The largest absolute Gasteiger partial charge is 0.469 e. The third kappa shape index (κ3) is 4.90. The van der Waals surface area contributed by atoms with Gasteiger partial charge in [-0.2, -0.15) is 0 Å². The zero-order valence-electron chi connectivity index (χ0n) is 17.4. The zero-order valence-corrected chi connectivity index (χ0v) is 17.4. The third-order valence-electron chi connectivity index (χ3n) is 4.90. The van der Waals surface area contributed by atoms with Gasteiger partial charge in [0.2, 0.25) is 5.91 Å². The van der Waals surface area contributed by atoms with Crippen LogP contribution >= 0.6 is 0 Å². The number of carbonyl (C=O) groups excluding carboxylic acids is 3. The Morgan fingerprint density at radius 2 is 1.79 bits per heavy atom. The van der Waals surface area contributed by atoms with E-state index in [1.54, 1.807) is 27.7 Å². The summed E-state index contributed by atoms with van der Waals surface area (Å²) in [5.41, 5.74) is -0.794. The highest BCUT2D eigenvalue weighted by atomic mass is 16.6. The fourth-order valence-corrected chi connectivity index (χ4v) is 3.73. The number of nitrogens with zero attached hydrogens (tertiary/aromatic N) is 1. The fraction of sp³-hybridized carbons (Fsp3) is 0.571. The van der Waals surface area contributed by atoms with E-state index in [9.17, 15) is 14.4 Å². The van der Waals surface area contributed by atoms with Gasteiger partial charge in [-0.15, -0.1) is 0 Å². The van der Waals surface area contributed by atoms with Crippen LogP contribution in [0.3, 0.4) is 0 Å². The molecule has 28 heavy (non-hydrogen) atoms. The molecule has 1 aliphatic heterocycles. The Hall–Kier alpha value is -2.41. The van der Waals surface area contributed by atoms with Crippen molar-refractivity contribution in [3.05, 3.63) is 35.9 Å². The molecular weight excluding hydrogens is 360 g/mol. The number of rotatable bonds is 5. The number of hydrogen-bond acceptors (Lipinski definition) is 6. The van der Waals surface area contributed by atoms with Crippen LogP contribution in [0.25, 0.3) is 0 Å². The van der Waals surface area contributed by atoms with Crippen LogP contribution in [0.4, 0.5) is 0 Å². The molecule has 1 saturated heterocycles. The normalized spacial score (nSPS) is 25.2. The number of methoxy groups -OCH3 is 1. The van der Waals surface area contributed by atoms with Crippen molar-refractivity contribution in [3.8, 4) is 0 Å². The van der Waals surface area contributed by atoms with Crippen molar-refractivity contribution in [2.45, 2.75) is 64.9 Å². The molecule has 0 radical (unpaired) electrons. The number of nitrogens with one attached hydrogen (secondary N) is 1. The molecule has 0 spiro atoms. The van der Waals surface area contributed by atoms with Gasteiger partial charge in [0.15, 0.2) is 0 Å². The van der Waals surface area contributed by atoms with Crippen molar-refractivity contribution in [1.82, 2.24) is 10.2 Å². The lowest BCUT2D eigenvalue weighted by molar-refractivity contribution is -0.163. The van der Waals surface area contributed by atoms with E-state index in [0.717, 1.165) is 5.56 Å². The first-order valence-corrected chi connectivity index (χ1v) is 9.38. The van der Waals surface area contributed by atoms with E-state index in [1.807, 2.05) is 35.2 Å². The van der Waals surface area contributed by atoms with Crippen molar-refractivity contribution in [2.75, 3.05) is 7.11 Å². The highest BCUT2D eigenvalue weighted by molar-refractivity contribution is 5.83. The SMILES string of the molecule is COC(=O)[C@@H]1C[C@H](C(=O)OC(C)(C)C)N(Cc2ccccc2)[C@@]1(C)NC(C)=O. The molecule has 0 aliphatic carbocycles. The smallest absolute Gasteiger partial charge is 0.323 e. The molecule has 1 fully saturated rings. The standard InChI is InChI=1S/C21H30N2O5/c1-14(24)22-21(5)16(18(25)27-6)12-17(19(26)28-20(2,3)4)23(21)13-15-10-8-7-9-11-15/h7-11,16-17H,12-13H2,1-6H3,(H,22,24)/t16-,17+,21+/m0/s1. The minimum absolute atomic E-state index is 0.200. The van der Waals surface area contributed by atoms with Gasteiger partial charge in [0.1, 0.15) is 17.3 Å². The number of ether oxygens (including phenoxy) is 2. The molecule has 7 heteroatoms. The van der Waals surface area contributed by atoms with Gasteiger partial charge >= 0.3 is 11.9 Å². The first-order valence-electron chi connectivity index (χ1n) is 9.38. The number of esters is 2. The molecule has 0 bridgehead atoms. The second-order valence-corrected chi connectivity index (χ2v) is 8.30. The Kier molecular flexibility index (Phi) is 6.49. The summed E-state index contributed by atoms with van der Waals surface area (Å²) in [6.07, 6.45) is 0.200. The van der Waals surface area contributed by atoms with Gasteiger partial charge in [-0.25, -0.2) is 0 Å². The predicted molar refractivity (Wildman–Crippen MR) is 104 cm³/mol. The lowest BCUT2D eigenvalue weighted by atomic mass is 9.93. The monoisotopic (exact) mass is 390 g/mol. The molecule has 7 nitrogen and oxygen atoms in total. The van der Waals surface area contributed by atoms with Gasteiger partial charge in [0.05, 0.1) is 13.0 Å². The van der Waals surface area contributed by atoms with E-state index in [-0.39, 0.29) is 12.3 Å². The van der Waals surface area contributed by atoms with Gasteiger partial charge in [-0.3, -0.25) is 19.3 Å². The highest BCUT2D eigenvalue weighted by Crippen LogP contribution is 2.40. The maximum atomic E-state index is 13.0. The van der Waals surface area contributed by atoms with Gasteiger partial charge < -0.3 is 14.8 Å². The first kappa shape index (κ1) is 21.9. The quantitative estimate of drug-likeness (QED) is 0.776. The summed E-state index contributed by atoms with van der Waals surface area (Å²) in [5, 5.41) is 2.88. The molecule has 1 amide bonds. The Morgan fingerprint density at radius 1 is 1.18 bits per heavy atom. The average Bonchev–Trinajstić information content (AvgIpc) is 2.85. The fourth-order valence-electron chi connectivity index (χ4n) is 3.73. The van der Waals surface area contributed by atoms with Crippen LogP contribution in [0.5, 0.6) is 0 Å². The summed E-state index contributed by atoms with van der Waals surface area (Å²) in [6, 6.07) is 8.89. The van der Waals surface area contributed by atoms with E-state index in [0.29, 0.717) is 6.54 Å². The molecule has 1 aliphatic rings. The van der Waals surface area contributed by atoms with Crippen LogP contribution in [0.15, 0.2) is 30.3 Å². The highest BCUT2D eigenvalue weighted by Gasteiger charge is 2.57. The molecule has 2 rings (SSSR count). The van der Waals surface area contributed by atoms with Gasteiger partial charge in [0, 0.05) is 13.5 Å². The molecule has 1 aromatic rings. The lowest BCUT2D eigenvalue weighted by Crippen LogP contribution is -2.61. The summed E-state index contributed by atoms with van der Waals surface area (Å²) in [6.45, 7) is 8.91. The van der Waals surface area contributed by atoms with Crippen LogP contribution in [0, 0.1) is 5.92 Å². The van der Waals surface area contributed by atoms with E-state index < -0.39 is 35.2 Å². The molecule has 0 unspecified atom stereocenters. The van der Waals surface area contributed by atoms with Crippen molar-refractivity contribution in [2.24, 2.45) is 5.92 Å². The lowest BCUT2D eigenvalue weighted by Gasteiger charge is -2.40. The topological polar surface area (TPSA) is 84.9 Å². The van der Waals surface area contributed by atoms with E-state index in [1.165, 1.54) is 14.0 Å². The maximum absolute atomic E-state index is 13.0. The van der Waals surface area contributed by atoms with Crippen molar-refractivity contribution < 1.29 is 23.9 Å². The second kappa shape index (κ2) is 8.31. The summed E-state index contributed by atoms with van der Waals surface area (Å²) in [7, 11) is 1.30. The summed E-state index contributed by atoms with van der Waals surface area (Å²) >= 11 is 0. The van der Waals surface area contributed by atoms with Gasteiger partial charge in [0.25, 0.3) is 0 Å². The zero-order chi connectivity index (χ0) is 21.1. The number of benzene rings is 1. The second-order valence-electron chi connectivity index (χ2n) is 8.30. The van der Waals surface area contributed by atoms with Crippen molar-refractivity contribution >= 4 is 17.8 Å². The average molecular weight is 390 g/mol. The third-order valence-corrected chi connectivity index (χ3v) is 4.90. The summed E-state index contributed by atoms with van der Waals surface area (Å²) < 4.78 is 10.6. The molecule has 3 atom stereocenters. The first-order chi connectivity index (χ1) is 13.0. The number of carbonyl (C=O) groups is 3. The van der Waals surface area contributed by atoms with Crippen LogP contribution in [0.1, 0.15) is 46.6 Å². The Balaban J connectivity index is 2.47. The molecule has 154 valence electrons. The van der Waals surface area contributed by atoms with Gasteiger partial charge in [-0.05, 0) is 39.7 Å². The molecule has 1 N–H and O–H groups in total. The molecule has 1 heterocycles. The van der Waals surface area contributed by atoms with Crippen LogP contribution in [-0.4, -0.2) is 47.2 Å². The molecule has 0 aromatic heterocycles. The Labute approximate surface area is 166 Å². The van der Waals surface area contributed by atoms with E-state index >= 15 is 0 Å². The Morgan fingerprint density at radius 3 is 2.29 bits per heavy atom. The Bertz CT molecular complexity index is 728. The van der Waals surface area contributed by atoms with Crippen molar-refractivity contribution in [1.29, 1.82) is 0 Å². The summed E-state index contributed by atoms with van der Waals surface area (Å²) in [5.74, 6) is -1.89. The van der Waals surface area contributed by atoms with Crippen LogP contribution < -0.4 is 5.32 Å². The molecule has 1 aromatic carbocycles. The number of hydrogen-bond donors (Lipinski definition) is 1. The van der Waals surface area contributed by atoms with Crippen LogP contribution in [0.2, 0.25) is 0 Å². The van der Waals surface area contributed by atoms with Crippen LogP contribution in [-0.2, 0) is 30.4 Å². The summed E-state index contributed by atoms with van der Waals surface area (Å²) in [4.78, 5) is 39.3. The maximum Gasteiger partial charge on any atom is 0.323 e. The minimum atomic E-state index is -1.09. The van der Waals surface area contributed by atoms with Gasteiger partial charge in [-0.1, -0.05) is 30.3 Å². The van der Waals surface area contributed by atoms with Crippen molar-refractivity contribution in [3.63, 3.8) is 0 Å². The molecular formula is C21H30N2O5. The number of amides is 1. The minimum Gasteiger partial charge on any atom is -0.469 e.